The zero-order valence-corrected chi connectivity index (χ0v) is 20.4. The molecule has 0 aliphatic rings. The minimum atomic E-state index is -4.57. The van der Waals surface area contributed by atoms with E-state index in [4.69, 9.17) is 4.74 Å². The number of carbonyl (C=O) groups is 1. The van der Waals surface area contributed by atoms with Crippen LogP contribution in [-0.4, -0.2) is 33.5 Å². The number of halogens is 3. The second-order valence-electron chi connectivity index (χ2n) is 8.57. The quantitative estimate of drug-likeness (QED) is 0.231. The molecule has 5 aromatic rings. The molecule has 3 aromatic carbocycles. The van der Waals surface area contributed by atoms with E-state index < -0.39 is 23.3 Å². The fourth-order valence-corrected chi connectivity index (χ4v) is 4.39. The summed E-state index contributed by atoms with van der Waals surface area (Å²) >= 11 is 0. The molecule has 2 heterocycles. The monoisotopic (exact) mass is 518 g/mol. The van der Waals surface area contributed by atoms with Crippen LogP contribution in [0.5, 0.6) is 0 Å². The van der Waals surface area contributed by atoms with Gasteiger partial charge in [-0.3, -0.25) is 9.59 Å². The van der Waals surface area contributed by atoms with Gasteiger partial charge in [0, 0.05) is 27.7 Å². The predicted molar refractivity (Wildman–Crippen MR) is 138 cm³/mol. The number of fused-ring (bicyclic) bond motifs is 2. The third kappa shape index (κ3) is 4.45. The lowest BCUT2D eigenvalue weighted by molar-refractivity contribution is -0.141. The minimum Gasteiger partial charge on any atom is -0.468 e. The molecule has 7 nitrogen and oxygen atoms in total. The van der Waals surface area contributed by atoms with Crippen LogP contribution in [0.2, 0.25) is 0 Å². The van der Waals surface area contributed by atoms with Crippen molar-refractivity contribution in [1.29, 1.82) is 0 Å². The van der Waals surface area contributed by atoms with Crippen LogP contribution in [0.3, 0.4) is 0 Å². The topological polar surface area (TPSA) is 78.5 Å². The van der Waals surface area contributed by atoms with Crippen molar-refractivity contribution in [2.24, 2.45) is 5.10 Å². The number of benzene rings is 3. The van der Waals surface area contributed by atoms with Crippen molar-refractivity contribution < 1.29 is 22.7 Å². The number of nitrogens with zero attached hydrogens (tertiary/aromatic N) is 4. The van der Waals surface area contributed by atoms with Crippen LogP contribution in [0, 0.1) is 6.92 Å². The molecular formula is C28H21F3N4O3. The highest BCUT2D eigenvalue weighted by Gasteiger charge is 2.31. The highest BCUT2D eigenvalue weighted by atomic mass is 19.4. The number of ether oxygens (including phenoxy) is 1. The summed E-state index contributed by atoms with van der Waals surface area (Å²) in [6.07, 6.45) is -3.11. The van der Waals surface area contributed by atoms with Crippen LogP contribution < -0.4 is 5.56 Å². The summed E-state index contributed by atoms with van der Waals surface area (Å²) < 4.78 is 47.9. The van der Waals surface area contributed by atoms with Gasteiger partial charge in [-0.2, -0.15) is 22.9 Å². The van der Waals surface area contributed by atoms with Gasteiger partial charge in [0.15, 0.2) is 5.82 Å². The van der Waals surface area contributed by atoms with Crippen LogP contribution in [0.15, 0.2) is 82.7 Å². The molecule has 0 aliphatic heterocycles. The number of esters is 1. The van der Waals surface area contributed by atoms with Gasteiger partial charge in [-0.25, -0.2) is 4.98 Å². The Morgan fingerprint density at radius 3 is 2.47 bits per heavy atom. The molecular weight excluding hydrogens is 497 g/mol. The first-order valence-electron chi connectivity index (χ1n) is 11.6. The smallest absolute Gasteiger partial charge is 0.416 e. The van der Waals surface area contributed by atoms with Gasteiger partial charge in [0.05, 0.1) is 29.8 Å². The van der Waals surface area contributed by atoms with Gasteiger partial charge in [0.1, 0.15) is 6.54 Å². The van der Waals surface area contributed by atoms with E-state index in [-0.39, 0.29) is 23.3 Å². The van der Waals surface area contributed by atoms with Crippen LogP contribution in [0.4, 0.5) is 13.2 Å². The van der Waals surface area contributed by atoms with Crippen LogP contribution in [0.25, 0.3) is 33.2 Å². The largest absolute Gasteiger partial charge is 0.468 e. The van der Waals surface area contributed by atoms with Crippen molar-refractivity contribution in [2.75, 3.05) is 7.11 Å². The zero-order valence-electron chi connectivity index (χ0n) is 20.4. The first kappa shape index (κ1) is 24.9. The molecule has 0 amide bonds. The number of hydrogen-bond donors (Lipinski definition) is 0. The standard InChI is InChI=1S/C28H21F3N4O3/c1-17-22(20-10-4-6-13-24(20)34(17)16-25(36)38-2)15-32-35-26(18-8-7-9-19(14-18)28(29,30)31)33-23-12-5-3-11-21(23)27(35)37/h3-15H,16H2,1-2H3. The van der Waals surface area contributed by atoms with E-state index in [0.717, 1.165) is 27.7 Å². The molecule has 192 valence electrons. The molecule has 0 saturated heterocycles. The van der Waals surface area contributed by atoms with Crippen molar-refractivity contribution in [2.45, 2.75) is 19.6 Å². The molecule has 0 aliphatic carbocycles. The number of para-hydroxylation sites is 2. The summed E-state index contributed by atoms with van der Waals surface area (Å²) in [6, 6.07) is 18.5. The second kappa shape index (κ2) is 9.62. The van der Waals surface area contributed by atoms with Gasteiger partial charge in [-0.1, -0.05) is 42.5 Å². The number of hydrogen-bond acceptors (Lipinski definition) is 5. The first-order valence-corrected chi connectivity index (χ1v) is 11.6. The Balaban J connectivity index is 1.73. The van der Waals surface area contributed by atoms with Gasteiger partial charge in [-0.05, 0) is 37.3 Å². The molecule has 0 atom stereocenters. The number of rotatable bonds is 5. The Kier molecular flexibility index (Phi) is 6.31. The van der Waals surface area contributed by atoms with Crippen LogP contribution in [0.1, 0.15) is 16.8 Å². The van der Waals surface area contributed by atoms with Crippen molar-refractivity contribution in [1.82, 2.24) is 14.2 Å². The van der Waals surface area contributed by atoms with E-state index in [9.17, 15) is 22.8 Å². The third-order valence-corrected chi connectivity index (χ3v) is 6.30. The summed E-state index contributed by atoms with van der Waals surface area (Å²) in [7, 11) is 1.31. The van der Waals surface area contributed by atoms with E-state index in [1.165, 1.54) is 25.5 Å². The van der Waals surface area contributed by atoms with E-state index >= 15 is 0 Å². The Bertz CT molecular complexity index is 1780. The maximum Gasteiger partial charge on any atom is 0.416 e. The summed E-state index contributed by atoms with van der Waals surface area (Å²) in [4.78, 5) is 30.0. The number of aromatic nitrogens is 3. The highest BCUT2D eigenvalue weighted by Crippen LogP contribution is 2.32. The molecule has 0 bridgehead atoms. The first-order chi connectivity index (χ1) is 18.2. The number of methoxy groups -OCH3 is 1. The minimum absolute atomic E-state index is 0.0242. The van der Waals surface area contributed by atoms with E-state index in [2.05, 4.69) is 10.1 Å². The molecule has 5 rings (SSSR count). The molecule has 0 radical (unpaired) electrons. The van der Waals surface area contributed by atoms with Gasteiger partial charge in [0.2, 0.25) is 0 Å². The van der Waals surface area contributed by atoms with Crippen LogP contribution >= 0.6 is 0 Å². The molecule has 0 unspecified atom stereocenters. The van der Waals surface area contributed by atoms with Gasteiger partial charge in [-0.15, -0.1) is 0 Å². The summed E-state index contributed by atoms with van der Waals surface area (Å²) in [5.74, 6) is -0.467. The summed E-state index contributed by atoms with van der Waals surface area (Å²) in [5.41, 5.74) is 1.12. The average molecular weight is 518 g/mol. The van der Waals surface area contributed by atoms with Gasteiger partial charge < -0.3 is 9.30 Å². The highest BCUT2D eigenvalue weighted by molar-refractivity contribution is 6.01. The predicted octanol–water partition coefficient (Wildman–Crippen LogP) is 5.40. The molecule has 2 aromatic heterocycles. The van der Waals surface area contributed by atoms with Crippen molar-refractivity contribution in [3.8, 4) is 11.4 Å². The average Bonchev–Trinajstić information content (AvgIpc) is 3.18. The lowest BCUT2D eigenvalue weighted by atomic mass is 10.1. The Morgan fingerprint density at radius 1 is 1.03 bits per heavy atom. The van der Waals surface area contributed by atoms with Gasteiger partial charge in [0.25, 0.3) is 5.56 Å². The molecule has 0 spiro atoms. The lowest BCUT2D eigenvalue weighted by Crippen LogP contribution is -2.20. The lowest BCUT2D eigenvalue weighted by Gasteiger charge is -2.12. The maximum atomic E-state index is 13.5. The maximum absolute atomic E-state index is 13.5. The molecule has 10 heteroatoms. The van der Waals surface area contributed by atoms with Gasteiger partial charge >= 0.3 is 12.1 Å². The molecule has 0 saturated carbocycles. The number of carbonyl (C=O) groups excluding carboxylic acids is 1. The van der Waals surface area contributed by atoms with Crippen LogP contribution in [-0.2, 0) is 22.3 Å². The van der Waals surface area contributed by atoms with E-state index in [1.807, 2.05) is 24.3 Å². The Hall–Kier alpha value is -4.73. The van der Waals surface area contributed by atoms with Crippen molar-refractivity contribution in [3.05, 3.63) is 100.0 Å². The van der Waals surface area contributed by atoms with Crippen molar-refractivity contribution in [3.63, 3.8) is 0 Å². The Labute approximate surface area is 214 Å². The van der Waals surface area contributed by atoms with Crippen molar-refractivity contribution >= 4 is 34.0 Å². The SMILES string of the molecule is COC(=O)Cn1c(C)c(C=Nn2c(-c3cccc(C(F)(F)F)c3)nc3ccccc3c2=O)c2ccccc21. The summed E-state index contributed by atoms with van der Waals surface area (Å²) in [5, 5.41) is 5.47. The molecule has 38 heavy (non-hydrogen) atoms. The molecule has 0 N–H and O–H groups in total. The fourth-order valence-electron chi connectivity index (χ4n) is 4.39. The fraction of sp³-hybridized carbons (Fsp3) is 0.143. The second-order valence-corrected chi connectivity index (χ2v) is 8.57. The van der Waals surface area contributed by atoms with E-state index in [0.29, 0.717) is 16.8 Å². The summed E-state index contributed by atoms with van der Waals surface area (Å²) in [6.45, 7) is 1.78. The van der Waals surface area contributed by atoms with E-state index in [1.54, 1.807) is 35.8 Å². The Morgan fingerprint density at radius 2 is 1.74 bits per heavy atom. The normalized spacial score (nSPS) is 12.0. The molecule has 0 fully saturated rings. The zero-order chi connectivity index (χ0) is 27.0. The number of alkyl halides is 3. The third-order valence-electron chi connectivity index (χ3n) is 6.30.